The molecule has 4 heteroatoms. The van der Waals surface area contributed by atoms with Crippen LogP contribution in [0.15, 0.2) is 24.3 Å². The van der Waals surface area contributed by atoms with Gasteiger partial charge in [0.05, 0.1) is 5.56 Å². The van der Waals surface area contributed by atoms with Gasteiger partial charge in [-0.1, -0.05) is 18.2 Å². The van der Waals surface area contributed by atoms with Gasteiger partial charge < -0.3 is 5.73 Å². The summed E-state index contributed by atoms with van der Waals surface area (Å²) in [6, 6.07) is 9.39. The number of rotatable bonds is 1. The summed E-state index contributed by atoms with van der Waals surface area (Å²) >= 11 is 1.26. The van der Waals surface area contributed by atoms with E-state index < -0.39 is 5.91 Å². The van der Waals surface area contributed by atoms with Crippen LogP contribution in [0.5, 0.6) is 0 Å². The Labute approximate surface area is 84.4 Å². The summed E-state index contributed by atoms with van der Waals surface area (Å²) in [7, 11) is 0. The van der Waals surface area contributed by atoms with Crippen molar-refractivity contribution in [3.05, 3.63) is 34.7 Å². The lowest BCUT2D eigenvalue weighted by Crippen LogP contribution is -2.10. The van der Waals surface area contributed by atoms with Crippen LogP contribution >= 0.6 is 11.3 Å². The number of primary amides is 1. The molecule has 1 amide bonds. The Balaban J connectivity index is 2.87. The molecule has 0 aliphatic carbocycles. The van der Waals surface area contributed by atoms with Crippen LogP contribution in [0.1, 0.15) is 15.2 Å². The van der Waals surface area contributed by atoms with Crippen LogP contribution in [0.4, 0.5) is 0 Å². The number of nitrogens with zero attached hydrogens (tertiary/aromatic N) is 1. The van der Waals surface area contributed by atoms with E-state index in [0.29, 0.717) is 10.4 Å². The van der Waals surface area contributed by atoms with Gasteiger partial charge in [0.2, 0.25) is 0 Å². The molecule has 0 saturated carbocycles. The Morgan fingerprint density at radius 1 is 1.43 bits per heavy atom. The molecule has 14 heavy (non-hydrogen) atoms. The number of fused-ring (bicyclic) bond motifs is 1. The molecular weight excluding hydrogens is 196 g/mol. The molecule has 0 atom stereocenters. The number of carbonyl (C=O) groups excluding carboxylic acids is 1. The van der Waals surface area contributed by atoms with Gasteiger partial charge in [0.1, 0.15) is 10.9 Å². The molecule has 2 N–H and O–H groups in total. The van der Waals surface area contributed by atoms with Gasteiger partial charge in [0.15, 0.2) is 0 Å². The summed E-state index contributed by atoms with van der Waals surface area (Å²) in [5.74, 6) is -0.539. The minimum atomic E-state index is -0.539. The molecule has 0 radical (unpaired) electrons. The Hall–Kier alpha value is -1.86. The van der Waals surface area contributed by atoms with Gasteiger partial charge >= 0.3 is 0 Å². The molecule has 1 aromatic heterocycles. The minimum Gasteiger partial charge on any atom is -0.365 e. The highest BCUT2D eigenvalue weighted by Crippen LogP contribution is 2.29. The quantitative estimate of drug-likeness (QED) is 0.767. The van der Waals surface area contributed by atoms with E-state index in [0.717, 1.165) is 10.1 Å². The van der Waals surface area contributed by atoms with Gasteiger partial charge in [-0.3, -0.25) is 4.79 Å². The van der Waals surface area contributed by atoms with Crippen LogP contribution in [0.2, 0.25) is 0 Å². The summed E-state index contributed by atoms with van der Waals surface area (Å²) in [6.07, 6.45) is 0. The summed E-state index contributed by atoms with van der Waals surface area (Å²) in [6.45, 7) is 0. The Bertz CT molecular complexity index is 551. The Kier molecular flexibility index (Phi) is 1.95. The van der Waals surface area contributed by atoms with Crippen molar-refractivity contribution in [3.63, 3.8) is 0 Å². The topological polar surface area (TPSA) is 66.9 Å². The third-order valence-corrected chi connectivity index (χ3v) is 3.12. The molecule has 0 aliphatic heterocycles. The maximum atomic E-state index is 11.0. The predicted octanol–water partition coefficient (Wildman–Crippen LogP) is 1.87. The fourth-order valence-corrected chi connectivity index (χ4v) is 2.33. The van der Waals surface area contributed by atoms with Gasteiger partial charge in [-0.2, -0.15) is 5.26 Å². The van der Waals surface area contributed by atoms with Crippen molar-refractivity contribution in [1.29, 1.82) is 5.26 Å². The number of nitriles is 1. The molecule has 2 rings (SSSR count). The maximum Gasteiger partial charge on any atom is 0.260 e. The van der Waals surface area contributed by atoms with Crippen LogP contribution in [0.3, 0.4) is 0 Å². The van der Waals surface area contributed by atoms with Crippen molar-refractivity contribution in [2.45, 2.75) is 0 Å². The average molecular weight is 202 g/mol. The first-order valence-electron chi connectivity index (χ1n) is 3.95. The zero-order chi connectivity index (χ0) is 10.1. The SMILES string of the molecule is N#Cc1c(C(N)=O)sc2ccccc12. The van der Waals surface area contributed by atoms with Gasteiger partial charge in [-0.15, -0.1) is 11.3 Å². The summed E-state index contributed by atoms with van der Waals surface area (Å²) in [5.41, 5.74) is 5.56. The molecular formula is C10H6N2OS. The molecule has 2 aromatic rings. The number of hydrogen-bond donors (Lipinski definition) is 1. The predicted molar refractivity (Wildman–Crippen MR) is 55.1 cm³/mol. The highest BCUT2D eigenvalue weighted by molar-refractivity contribution is 7.21. The van der Waals surface area contributed by atoms with Gasteiger partial charge in [-0.25, -0.2) is 0 Å². The van der Waals surface area contributed by atoms with E-state index in [1.54, 1.807) is 0 Å². The summed E-state index contributed by atoms with van der Waals surface area (Å²) in [5, 5.41) is 9.70. The van der Waals surface area contributed by atoms with Gasteiger partial charge in [-0.05, 0) is 6.07 Å². The standard InChI is InChI=1S/C10H6N2OS/c11-5-7-6-3-1-2-4-8(6)14-9(7)10(12)13/h1-4H,(H2,12,13). The molecule has 1 heterocycles. The smallest absolute Gasteiger partial charge is 0.260 e. The highest BCUT2D eigenvalue weighted by Gasteiger charge is 2.14. The Morgan fingerprint density at radius 3 is 2.79 bits per heavy atom. The van der Waals surface area contributed by atoms with E-state index in [1.165, 1.54) is 11.3 Å². The van der Waals surface area contributed by atoms with Crippen LogP contribution in [0, 0.1) is 11.3 Å². The first-order valence-corrected chi connectivity index (χ1v) is 4.77. The monoisotopic (exact) mass is 202 g/mol. The van der Waals surface area contributed by atoms with E-state index >= 15 is 0 Å². The van der Waals surface area contributed by atoms with Crippen molar-refractivity contribution in [2.24, 2.45) is 5.73 Å². The fourth-order valence-electron chi connectivity index (χ4n) is 1.33. The summed E-state index contributed by atoms with van der Waals surface area (Å²) in [4.78, 5) is 11.4. The molecule has 0 saturated heterocycles. The van der Waals surface area contributed by atoms with Crippen molar-refractivity contribution in [3.8, 4) is 6.07 Å². The highest BCUT2D eigenvalue weighted by atomic mass is 32.1. The largest absolute Gasteiger partial charge is 0.365 e. The second-order valence-electron chi connectivity index (χ2n) is 2.78. The number of nitrogens with two attached hydrogens (primary N) is 1. The van der Waals surface area contributed by atoms with Crippen molar-refractivity contribution in [2.75, 3.05) is 0 Å². The molecule has 0 unspecified atom stereocenters. The third kappa shape index (κ3) is 1.15. The number of carbonyl (C=O) groups is 1. The van der Waals surface area contributed by atoms with E-state index in [1.807, 2.05) is 30.3 Å². The maximum absolute atomic E-state index is 11.0. The lowest BCUT2D eigenvalue weighted by molar-refractivity contribution is 0.100. The first kappa shape index (κ1) is 8.73. The molecule has 3 nitrogen and oxygen atoms in total. The van der Waals surface area contributed by atoms with Crippen molar-refractivity contribution in [1.82, 2.24) is 0 Å². The first-order chi connectivity index (χ1) is 6.74. The second kappa shape index (κ2) is 3.13. The number of benzene rings is 1. The molecule has 0 fully saturated rings. The normalized spacial score (nSPS) is 9.93. The van der Waals surface area contributed by atoms with Crippen LogP contribution < -0.4 is 5.73 Å². The lowest BCUT2D eigenvalue weighted by Gasteiger charge is -1.88. The van der Waals surface area contributed by atoms with Gasteiger partial charge in [0, 0.05) is 10.1 Å². The van der Waals surface area contributed by atoms with E-state index in [-0.39, 0.29) is 0 Å². The zero-order valence-corrected chi connectivity index (χ0v) is 7.97. The fraction of sp³-hybridized carbons (Fsp3) is 0. The number of amides is 1. The molecule has 1 aromatic carbocycles. The second-order valence-corrected chi connectivity index (χ2v) is 3.83. The van der Waals surface area contributed by atoms with E-state index in [9.17, 15) is 4.79 Å². The van der Waals surface area contributed by atoms with Crippen LogP contribution in [0.25, 0.3) is 10.1 Å². The van der Waals surface area contributed by atoms with E-state index in [2.05, 4.69) is 0 Å². The summed E-state index contributed by atoms with van der Waals surface area (Å²) < 4.78 is 0.915. The Morgan fingerprint density at radius 2 is 2.14 bits per heavy atom. The average Bonchev–Trinajstić information content (AvgIpc) is 2.56. The zero-order valence-electron chi connectivity index (χ0n) is 7.15. The molecule has 0 bridgehead atoms. The van der Waals surface area contributed by atoms with Crippen molar-refractivity contribution >= 4 is 27.3 Å². The molecule has 0 aliphatic rings. The van der Waals surface area contributed by atoms with Gasteiger partial charge in [0.25, 0.3) is 5.91 Å². The van der Waals surface area contributed by atoms with Crippen LogP contribution in [-0.4, -0.2) is 5.91 Å². The van der Waals surface area contributed by atoms with Crippen molar-refractivity contribution < 1.29 is 4.79 Å². The van der Waals surface area contributed by atoms with E-state index in [4.69, 9.17) is 11.0 Å². The number of thiophene rings is 1. The number of hydrogen-bond acceptors (Lipinski definition) is 3. The molecule has 0 spiro atoms. The molecule has 68 valence electrons. The minimum absolute atomic E-state index is 0.341. The van der Waals surface area contributed by atoms with Crippen LogP contribution in [-0.2, 0) is 0 Å². The lowest BCUT2D eigenvalue weighted by atomic mass is 10.1. The third-order valence-electron chi connectivity index (χ3n) is 1.93.